The molecule has 9 heteroatoms. The average molecular weight is 493 g/mol. The number of aryl methyl sites for hydroxylation is 2. The van der Waals surface area contributed by atoms with E-state index in [4.69, 9.17) is 37.6 Å². The molecule has 0 unspecified atom stereocenters. The van der Waals surface area contributed by atoms with Crippen molar-refractivity contribution in [1.29, 1.82) is 5.26 Å². The van der Waals surface area contributed by atoms with Gasteiger partial charge in [-0.15, -0.1) is 0 Å². The van der Waals surface area contributed by atoms with Gasteiger partial charge in [0.2, 0.25) is 11.8 Å². The van der Waals surface area contributed by atoms with Crippen LogP contribution in [0.1, 0.15) is 23.4 Å². The van der Waals surface area contributed by atoms with E-state index in [-0.39, 0.29) is 18.2 Å². The van der Waals surface area contributed by atoms with Gasteiger partial charge in [0.1, 0.15) is 17.4 Å². The highest BCUT2D eigenvalue weighted by Crippen LogP contribution is 2.31. The number of anilines is 1. The highest BCUT2D eigenvalue weighted by atomic mass is 35.5. The lowest BCUT2D eigenvalue weighted by Gasteiger charge is -2.11. The summed E-state index contributed by atoms with van der Waals surface area (Å²) in [6, 6.07) is 15.7. The summed E-state index contributed by atoms with van der Waals surface area (Å²) in [5.74, 6) is 1.50. The van der Waals surface area contributed by atoms with E-state index >= 15 is 0 Å². The molecule has 0 aliphatic carbocycles. The highest BCUT2D eigenvalue weighted by molar-refractivity contribution is 6.36. The van der Waals surface area contributed by atoms with Gasteiger partial charge in [-0.2, -0.15) is 5.26 Å². The molecule has 0 fully saturated rings. The van der Waals surface area contributed by atoms with Gasteiger partial charge in [-0.05, 0) is 61.0 Å². The molecule has 1 N–H and O–H groups in total. The second kappa shape index (κ2) is 10.4. The Morgan fingerprint density at radius 2 is 2.03 bits per heavy atom. The topological polar surface area (TPSA) is 101 Å². The largest absolute Gasteiger partial charge is 0.441 e. The summed E-state index contributed by atoms with van der Waals surface area (Å²) in [6.45, 7) is 1.85. The maximum atomic E-state index is 12.5. The molecular formula is C25H18Cl2N4O3. The lowest BCUT2D eigenvalue weighted by atomic mass is 10.2. The number of nitrogens with one attached hydrogen (secondary N) is 1. The van der Waals surface area contributed by atoms with Crippen LogP contribution in [0.25, 0.3) is 11.3 Å². The van der Waals surface area contributed by atoms with Crippen LogP contribution >= 0.6 is 23.2 Å². The number of oxazole rings is 1. The number of nitriles is 1. The van der Waals surface area contributed by atoms with E-state index in [0.29, 0.717) is 50.7 Å². The van der Waals surface area contributed by atoms with E-state index in [1.54, 1.807) is 60.9 Å². The molecule has 2 heterocycles. The molecule has 7 nitrogen and oxygen atoms in total. The van der Waals surface area contributed by atoms with Gasteiger partial charge in [0.25, 0.3) is 0 Å². The molecule has 0 aliphatic rings. The second-order valence-corrected chi connectivity index (χ2v) is 8.18. The highest BCUT2D eigenvalue weighted by Gasteiger charge is 2.13. The minimum Gasteiger partial charge on any atom is -0.441 e. The van der Waals surface area contributed by atoms with Gasteiger partial charge in [0.05, 0.1) is 11.2 Å². The molecular weight excluding hydrogens is 475 g/mol. The first-order chi connectivity index (χ1) is 16.4. The summed E-state index contributed by atoms with van der Waals surface area (Å²) in [5, 5.41) is 13.0. The van der Waals surface area contributed by atoms with Crippen molar-refractivity contribution >= 4 is 34.8 Å². The second-order valence-electron chi connectivity index (χ2n) is 7.34. The van der Waals surface area contributed by atoms with Crippen molar-refractivity contribution in [3.05, 3.63) is 88.0 Å². The molecule has 0 saturated carbocycles. The standard InChI is InChI=1S/C25H18Cl2N4O3/c1-15-11-18(33-25-16(13-28)3-2-10-29-25)5-7-21(15)31-23(32)8-9-24-30-14-22(34-24)19-6-4-17(26)12-20(19)27/h2-7,10-12,14H,8-9H2,1H3,(H,31,32). The summed E-state index contributed by atoms with van der Waals surface area (Å²) in [5.41, 5.74) is 2.47. The molecule has 170 valence electrons. The molecule has 2 aromatic carbocycles. The number of benzene rings is 2. The summed E-state index contributed by atoms with van der Waals surface area (Å²) in [6.07, 6.45) is 3.64. The number of ether oxygens (including phenoxy) is 1. The molecule has 0 radical (unpaired) electrons. The van der Waals surface area contributed by atoms with E-state index in [0.717, 1.165) is 5.56 Å². The van der Waals surface area contributed by atoms with Crippen LogP contribution in [0.3, 0.4) is 0 Å². The van der Waals surface area contributed by atoms with Crippen molar-refractivity contribution < 1.29 is 13.9 Å². The number of carbonyl (C=O) groups is 1. The fourth-order valence-electron chi connectivity index (χ4n) is 3.18. The Bertz CT molecular complexity index is 1400. The molecule has 4 rings (SSSR count). The Morgan fingerprint density at radius 1 is 1.18 bits per heavy atom. The number of amides is 1. The third-order valence-corrected chi connectivity index (χ3v) is 5.44. The molecule has 0 spiro atoms. The zero-order valence-electron chi connectivity index (χ0n) is 18.0. The number of hydrogen-bond acceptors (Lipinski definition) is 6. The lowest BCUT2D eigenvalue weighted by Crippen LogP contribution is -2.13. The summed E-state index contributed by atoms with van der Waals surface area (Å²) >= 11 is 12.1. The maximum absolute atomic E-state index is 12.5. The van der Waals surface area contributed by atoms with E-state index in [1.807, 2.05) is 13.0 Å². The minimum atomic E-state index is -0.183. The average Bonchev–Trinajstić information content (AvgIpc) is 3.28. The Labute approximate surface area is 205 Å². The van der Waals surface area contributed by atoms with Gasteiger partial charge in [-0.25, -0.2) is 9.97 Å². The summed E-state index contributed by atoms with van der Waals surface area (Å²) in [4.78, 5) is 20.8. The zero-order valence-corrected chi connectivity index (χ0v) is 19.5. The van der Waals surface area contributed by atoms with Crippen LogP contribution in [0.15, 0.2) is 65.3 Å². The van der Waals surface area contributed by atoms with Gasteiger partial charge in [0, 0.05) is 35.3 Å². The van der Waals surface area contributed by atoms with Crippen molar-refractivity contribution in [3.8, 4) is 29.0 Å². The number of halogens is 2. The lowest BCUT2D eigenvalue weighted by molar-refractivity contribution is -0.116. The Balaban J connectivity index is 1.35. The zero-order chi connectivity index (χ0) is 24.1. The molecule has 0 bridgehead atoms. The fourth-order valence-corrected chi connectivity index (χ4v) is 3.68. The molecule has 2 aromatic heterocycles. The van der Waals surface area contributed by atoms with Gasteiger partial charge in [-0.1, -0.05) is 23.2 Å². The van der Waals surface area contributed by atoms with E-state index in [1.165, 1.54) is 0 Å². The van der Waals surface area contributed by atoms with Gasteiger partial charge < -0.3 is 14.5 Å². The number of hydrogen-bond donors (Lipinski definition) is 1. The smallest absolute Gasteiger partial charge is 0.237 e. The van der Waals surface area contributed by atoms with Crippen LogP contribution in [-0.4, -0.2) is 15.9 Å². The SMILES string of the molecule is Cc1cc(Oc2ncccc2C#N)ccc1NC(=O)CCc1ncc(-c2ccc(Cl)cc2Cl)o1. The molecule has 0 saturated heterocycles. The van der Waals surface area contributed by atoms with E-state index < -0.39 is 0 Å². The Kier molecular flexibility index (Phi) is 7.12. The van der Waals surface area contributed by atoms with Crippen LogP contribution in [0.5, 0.6) is 11.6 Å². The number of pyridine rings is 1. The molecule has 0 aliphatic heterocycles. The first-order valence-electron chi connectivity index (χ1n) is 10.3. The van der Waals surface area contributed by atoms with Crippen LogP contribution < -0.4 is 10.1 Å². The molecule has 4 aromatic rings. The van der Waals surface area contributed by atoms with Crippen molar-refractivity contribution in [2.24, 2.45) is 0 Å². The summed E-state index contributed by atoms with van der Waals surface area (Å²) in [7, 11) is 0. The van der Waals surface area contributed by atoms with Crippen LogP contribution in [0.2, 0.25) is 10.0 Å². The summed E-state index contributed by atoms with van der Waals surface area (Å²) < 4.78 is 11.5. The van der Waals surface area contributed by atoms with E-state index in [2.05, 4.69) is 15.3 Å². The first kappa shape index (κ1) is 23.3. The third-order valence-electron chi connectivity index (χ3n) is 4.89. The monoisotopic (exact) mass is 492 g/mol. The number of rotatable bonds is 7. The van der Waals surface area contributed by atoms with Gasteiger partial charge >= 0.3 is 0 Å². The van der Waals surface area contributed by atoms with Crippen LogP contribution in [-0.2, 0) is 11.2 Å². The van der Waals surface area contributed by atoms with E-state index in [9.17, 15) is 4.79 Å². The number of carbonyl (C=O) groups excluding carboxylic acids is 1. The third kappa shape index (κ3) is 5.54. The van der Waals surface area contributed by atoms with Crippen molar-refractivity contribution in [3.63, 3.8) is 0 Å². The predicted octanol–water partition coefficient (Wildman–Crippen LogP) is 6.59. The Morgan fingerprint density at radius 3 is 2.79 bits per heavy atom. The van der Waals surface area contributed by atoms with Crippen LogP contribution in [0.4, 0.5) is 5.69 Å². The van der Waals surface area contributed by atoms with Crippen LogP contribution in [0, 0.1) is 18.3 Å². The number of aromatic nitrogens is 2. The molecule has 1 amide bonds. The minimum absolute atomic E-state index is 0.183. The van der Waals surface area contributed by atoms with Gasteiger partial charge in [0.15, 0.2) is 11.7 Å². The van der Waals surface area contributed by atoms with Crippen molar-refractivity contribution in [1.82, 2.24) is 9.97 Å². The molecule has 34 heavy (non-hydrogen) atoms. The Hall–Kier alpha value is -3.86. The normalized spacial score (nSPS) is 10.5. The maximum Gasteiger partial charge on any atom is 0.237 e. The molecule has 0 atom stereocenters. The first-order valence-corrected chi connectivity index (χ1v) is 11.0. The van der Waals surface area contributed by atoms with Crippen molar-refractivity contribution in [2.75, 3.05) is 5.32 Å². The van der Waals surface area contributed by atoms with Gasteiger partial charge in [-0.3, -0.25) is 4.79 Å². The predicted molar refractivity (Wildman–Crippen MR) is 129 cm³/mol. The fraction of sp³-hybridized carbons (Fsp3) is 0.120. The van der Waals surface area contributed by atoms with Crippen molar-refractivity contribution in [2.45, 2.75) is 19.8 Å². The quantitative estimate of drug-likeness (QED) is 0.312. The number of nitrogens with zero attached hydrogens (tertiary/aromatic N) is 3.